The maximum atomic E-state index is 12.8. The molecule has 1 saturated carbocycles. The van der Waals surface area contributed by atoms with E-state index in [1.165, 1.54) is 12.8 Å². The molecule has 0 bridgehead atoms. The lowest BCUT2D eigenvalue weighted by molar-refractivity contribution is -0.137. The van der Waals surface area contributed by atoms with Crippen LogP contribution in [0.25, 0.3) is 0 Å². The fourth-order valence-corrected chi connectivity index (χ4v) is 3.81. The van der Waals surface area contributed by atoms with E-state index in [0.29, 0.717) is 12.6 Å². The van der Waals surface area contributed by atoms with Crippen molar-refractivity contribution in [3.05, 3.63) is 0 Å². The molecule has 0 aromatic heterocycles. The Balaban J connectivity index is 1.52. The number of amides is 1. The van der Waals surface area contributed by atoms with E-state index in [0.717, 1.165) is 57.9 Å². The zero-order valence-electron chi connectivity index (χ0n) is 13.2. The number of ether oxygens (including phenoxy) is 1. The average Bonchev–Trinajstić information content (AvgIpc) is 3.34. The molecule has 3 fully saturated rings. The number of methoxy groups -OCH3 is 1. The summed E-state index contributed by atoms with van der Waals surface area (Å²) in [5.74, 6) is 0.218. The van der Waals surface area contributed by atoms with E-state index in [9.17, 15) is 4.79 Å². The van der Waals surface area contributed by atoms with Gasteiger partial charge in [-0.05, 0) is 51.6 Å². The van der Waals surface area contributed by atoms with Gasteiger partial charge in [-0.1, -0.05) is 0 Å². The molecule has 2 saturated heterocycles. The SMILES string of the molecule is COCC1(C(=O)NC2CCN(C3CC3)CC2)CCNCC1. The van der Waals surface area contributed by atoms with Gasteiger partial charge in [-0.25, -0.2) is 0 Å². The molecule has 0 atom stereocenters. The van der Waals surface area contributed by atoms with Crippen LogP contribution in [0.4, 0.5) is 0 Å². The quantitative estimate of drug-likeness (QED) is 0.786. The van der Waals surface area contributed by atoms with Crippen LogP contribution in [0.5, 0.6) is 0 Å². The highest BCUT2D eigenvalue weighted by Crippen LogP contribution is 2.31. The minimum Gasteiger partial charge on any atom is -0.384 e. The first kappa shape index (κ1) is 15.3. The summed E-state index contributed by atoms with van der Waals surface area (Å²) in [7, 11) is 1.70. The maximum absolute atomic E-state index is 12.8. The van der Waals surface area contributed by atoms with Crippen LogP contribution in [0.1, 0.15) is 38.5 Å². The predicted octanol–water partition coefficient (Wildman–Crippen LogP) is 0.746. The molecule has 120 valence electrons. The number of hydrogen-bond donors (Lipinski definition) is 2. The summed E-state index contributed by atoms with van der Waals surface area (Å²) in [6.07, 6.45) is 6.72. The van der Waals surface area contributed by atoms with Crippen molar-refractivity contribution < 1.29 is 9.53 Å². The fourth-order valence-electron chi connectivity index (χ4n) is 3.81. The Kier molecular flexibility index (Phi) is 4.82. The Bertz CT molecular complexity index is 351. The lowest BCUT2D eigenvalue weighted by Crippen LogP contribution is -2.54. The number of nitrogens with zero attached hydrogens (tertiary/aromatic N) is 1. The molecule has 0 radical (unpaired) electrons. The predicted molar refractivity (Wildman–Crippen MR) is 82.2 cm³/mol. The van der Waals surface area contributed by atoms with Gasteiger partial charge in [0.05, 0.1) is 12.0 Å². The standard InChI is InChI=1S/C16H29N3O2/c1-21-12-16(6-8-17-9-7-16)15(20)18-13-4-10-19(11-5-13)14-2-3-14/h13-14,17H,2-12H2,1H3,(H,18,20). The second-order valence-corrected chi connectivity index (χ2v) is 6.98. The molecule has 3 rings (SSSR count). The number of carbonyl (C=O) groups excluding carboxylic acids is 1. The Morgan fingerprint density at radius 2 is 1.90 bits per heavy atom. The van der Waals surface area contributed by atoms with Crippen molar-refractivity contribution in [2.45, 2.75) is 50.6 Å². The van der Waals surface area contributed by atoms with Crippen LogP contribution in [0.15, 0.2) is 0 Å². The zero-order chi connectivity index (χ0) is 14.7. The molecular weight excluding hydrogens is 266 g/mol. The van der Waals surface area contributed by atoms with Crippen molar-refractivity contribution in [1.29, 1.82) is 0 Å². The summed E-state index contributed by atoms with van der Waals surface area (Å²) in [5, 5.41) is 6.66. The second kappa shape index (κ2) is 6.63. The van der Waals surface area contributed by atoms with Gasteiger partial charge in [0.2, 0.25) is 5.91 Å². The topological polar surface area (TPSA) is 53.6 Å². The van der Waals surface area contributed by atoms with Gasteiger partial charge in [0, 0.05) is 32.3 Å². The van der Waals surface area contributed by atoms with E-state index in [4.69, 9.17) is 4.74 Å². The molecule has 5 nitrogen and oxygen atoms in total. The van der Waals surface area contributed by atoms with Crippen LogP contribution in [-0.4, -0.2) is 62.8 Å². The van der Waals surface area contributed by atoms with E-state index >= 15 is 0 Å². The summed E-state index contributed by atoms with van der Waals surface area (Å²) in [5.41, 5.74) is -0.312. The van der Waals surface area contributed by atoms with Gasteiger partial charge in [-0.2, -0.15) is 0 Å². The Morgan fingerprint density at radius 1 is 1.24 bits per heavy atom. The van der Waals surface area contributed by atoms with Crippen LogP contribution in [0.3, 0.4) is 0 Å². The average molecular weight is 295 g/mol. The maximum Gasteiger partial charge on any atom is 0.228 e. The highest BCUT2D eigenvalue weighted by Gasteiger charge is 2.41. The van der Waals surface area contributed by atoms with E-state index in [-0.39, 0.29) is 11.3 Å². The molecule has 3 aliphatic rings. The molecule has 5 heteroatoms. The summed E-state index contributed by atoms with van der Waals surface area (Å²) in [4.78, 5) is 15.4. The van der Waals surface area contributed by atoms with Crippen molar-refractivity contribution in [3.63, 3.8) is 0 Å². The van der Waals surface area contributed by atoms with E-state index in [1.807, 2.05) is 0 Å². The van der Waals surface area contributed by atoms with Crippen LogP contribution < -0.4 is 10.6 Å². The fraction of sp³-hybridized carbons (Fsp3) is 0.938. The third kappa shape index (κ3) is 3.58. The molecule has 21 heavy (non-hydrogen) atoms. The summed E-state index contributed by atoms with van der Waals surface area (Å²) in [6.45, 7) is 4.66. The lowest BCUT2D eigenvalue weighted by atomic mass is 9.78. The second-order valence-electron chi connectivity index (χ2n) is 6.98. The molecular formula is C16H29N3O2. The summed E-state index contributed by atoms with van der Waals surface area (Å²) >= 11 is 0. The number of nitrogens with one attached hydrogen (secondary N) is 2. The normalized spacial score (nSPS) is 27.5. The number of carbonyl (C=O) groups is 1. The largest absolute Gasteiger partial charge is 0.384 e. The molecule has 2 heterocycles. The number of likely N-dealkylation sites (tertiary alicyclic amines) is 1. The monoisotopic (exact) mass is 295 g/mol. The number of hydrogen-bond acceptors (Lipinski definition) is 4. The first-order chi connectivity index (χ1) is 10.2. The van der Waals surface area contributed by atoms with Crippen molar-refractivity contribution in [2.75, 3.05) is 39.9 Å². The van der Waals surface area contributed by atoms with E-state index < -0.39 is 0 Å². The van der Waals surface area contributed by atoms with Crippen molar-refractivity contribution >= 4 is 5.91 Å². The number of piperidine rings is 2. The van der Waals surface area contributed by atoms with Crippen molar-refractivity contribution in [2.24, 2.45) is 5.41 Å². The van der Waals surface area contributed by atoms with Gasteiger partial charge in [0.1, 0.15) is 0 Å². The van der Waals surface area contributed by atoms with Gasteiger partial charge in [-0.3, -0.25) is 4.79 Å². The Morgan fingerprint density at radius 3 is 2.48 bits per heavy atom. The zero-order valence-corrected chi connectivity index (χ0v) is 13.2. The molecule has 1 amide bonds. The van der Waals surface area contributed by atoms with Crippen LogP contribution in [-0.2, 0) is 9.53 Å². The lowest BCUT2D eigenvalue weighted by Gasteiger charge is -2.38. The molecule has 1 aliphatic carbocycles. The van der Waals surface area contributed by atoms with Gasteiger partial charge in [-0.15, -0.1) is 0 Å². The first-order valence-corrected chi connectivity index (χ1v) is 8.48. The molecule has 0 aromatic rings. The Labute approximate surface area is 127 Å². The molecule has 0 unspecified atom stereocenters. The molecule has 0 aromatic carbocycles. The Hall–Kier alpha value is -0.650. The summed E-state index contributed by atoms with van der Waals surface area (Å²) < 4.78 is 5.35. The molecule has 2 aliphatic heterocycles. The first-order valence-electron chi connectivity index (χ1n) is 8.48. The van der Waals surface area contributed by atoms with Crippen LogP contribution >= 0.6 is 0 Å². The van der Waals surface area contributed by atoms with Gasteiger partial charge < -0.3 is 20.3 Å². The third-order valence-corrected chi connectivity index (χ3v) is 5.39. The van der Waals surface area contributed by atoms with E-state index in [2.05, 4.69) is 15.5 Å². The van der Waals surface area contributed by atoms with Crippen LogP contribution in [0, 0.1) is 5.41 Å². The van der Waals surface area contributed by atoms with E-state index in [1.54, 1.807) is 7.11 Å². The van der Waals surface area contributed by atoms with Crippen LogP contribution in [0.2, 0.25) is 0 Å². The van der Waals surface area contributed by atoms with Crippen molar-refractivity contribution in [1.82, 2.24) is 15.5 Å². The van der Waals surface area contributed by atoms with Gasteiger partial charge >= 0.3 is 0 Å². The smallest absolute Gasteiger partial charge is 0.228 e. The minimum absolute atomic E-state index is 0.218. The van der Waals surface area contributed by atoms with Gasteiger partial charge in [0.25, 0.3) is 0 Å². The number of rotatable bonds is 5. The minimum atomic E-state index is -0.312. The van der Waals surface area contributed by atoms with Crippen molar-refractivity contribution in [3.8, 4) is 0 Å². The summed E-state index contributed by atoms with van der Waals surface area (Å²) in [6, 6.07) is 1.21. The highest BCUT2D eigenvalue weighted by atomic mass is 16.5. The highest BCUT2D eigenvalue weighted by molar-refractivity contribution is 5.83. The third-order valence-electron chi connectivity index (χ3n) is 5.39. The molecule has 2 N–H and O–H groups in total. The molecule has 0 spiro atoms. The van der Waals surface area contributed by atoms with Gasteiger partial charge in [0.15, 0.2) is 0 Å².